The highest BCUT2D eigenvalue weighted by molar-refractivity contribution is 5.87. The van der Waals surface area contributed by atoms with Crippen molar-refractivity contribution < 1.29 is 14.3 Å². The van der Waals surface area contributed by atoms with Crippen LogP contribution in [0.3, 0.4) is 0 Å². The molecule has 0 aliphatic rings. The first-order valence-electron chi connectivity index (χ1n) is 9.08. The van der Waals surface area contributed by atoms with Gasteiger partial charge in [-0.05, 0) is 50.5 Å². The van der Waals surface area contributed by atoms with Crippen molar-refractivity contribution in [2.75, 3.05) is 13.7 Å². The maximum absolute atomic E-state index is 12.9. The minimum atomic E-state index is -0.592. The summed E-state index contributed by atoms with van der Waals surface area (Å²) >= 11 is 0. The molecule has 0 fully saturated rings. The van der Waals surface area contributed by atoms with Crippen molar-refractivity contribution in [3.63, 3.8) is 0 Å². The Kier molecular flexibility index (Phi) is 6.99. The normalized spacial score (nSPS) is 11.6. The Morgan fingerprint density at radius 2 is 1.67 bits per heavy atom. The molecule has 2 aromatic carbocycles. The Balaban J connectivity index is 2.15. The van der Waals surface area contributed by atoms with E-state index in [1.807, 2.05) is 63.2 Å². The molecule has 0 heterocycles. The van der Waals surface area contributed by atoms with Gasteiger partial charge in [0, 0.05) is 13.6 Å². The van der Waals surface area contributed by atoms with E-state index in [2.05, 4.69) is 5.32 Å². The first kappa shape index (κ1) is 20.5. The van der Waals surface area contributed by atoms with Gasteiger partial charge in [-0.25, -0.2) is 0 Å². The van der Waals surface area contributed by atoms with Gasteiger partial charge >= 0.3 is 0 Å². The molecule has 2 rings (SSSR count). The average molecular weight is 368 g/mol. The third kappa shape index (κ3) is 5.58. The zero-order valence-electron chi connectivity index (χ0n) is 16.7. The highest BCUT2D eigenvalue weighted by atomic mass is 16.5. The molecule has 0 saturated heterocycles. The summed E-state index contributed by atoms with van der Waals surface area (Å²) in [6.45, 7) is 7.89. The number of likely N-dealkylation sites (N-methyl/N-ethyl adjacent to an activating group) is 1. The predicted molar refractivity (Wildman–Crippen MR) is 107 cm³/mol. The molecule has 1 atom stereocenters. The molecule has 2 aromatic rings. The van der Waals surface area contributed by atoms with Crippen molar-refractivity contribution in [2.45, 2.75) is 40.3 Å². The Labute approximate surface area is 161 Å². The molecule has 0 spiro atoms. The summed E-state index contributed by atoms with van der Waals surface area (Å²) < 4.78 is 5.76. The monoisotopic (exact) mass is 368 g/mol. The van der Waals surface area contributed by atoms with Crippen molar-refractivity contribution in [2.24, 2.45) is 0 Å². The predicted octanol–water partition coefficient (Wildman–Crippen LogP) is 3.15. The van der Waals surface area contributed by atoms with Gasteiger partial charge in [0.25, 0.3) is 5.91 Å². The maximum Gasteiger partial charge on any atom is 0.261 e. The van der Waals surface area contributed by atoms with Crippen molar-refractivity contribution in [1.29, 1.82) is 0 Å². The number of ether oxygens (including phenoxy) is 1. The van der Waals surface area contributed by atoms with Crippen molar-refractivity contribution >= 4 is 11.8 Å². The molecule has 0 saturated carbocycles. The SMILES string of the molecule is CNC(=O)C(C)N(Cc1ccc(C)cc1)C(=O)COc1cc(C)ccc1C. The van der Waals surface area contributed by atoms with Crippen LogP contribution in [0, 0.1) is 20.8 Å². The van der Waals surface area contributed by atoms with Crippen LogP contribution in [0.15, 0.2) is 42.5 Å². The van der Waals surface area contributed by atoms with E-state index in [1.165, 1.54) is 0 Å². The average Bonchev–Trinajstić information content (AvgIpc) is 2.66. The standard InChI is InChI=1S/C22H28N2O3/c1-15-7-10-19(11-8-15)13-24(18(4)22(26)23-5)21(25)14-27-20-12-16(2)6-9-17(20)3/h6-12,18H,13-14H2,1-5H3,(H,23,26). The third-order valence-electron chi connectivity index (χ3n) is 4.58. The maximum atomic E-state index is 12.9. The fraction of sp³-hybridized carbons (Fsp3) is 0.364. The number of rotatable bonds is 7. The second-order valence-electron chi connectivity index (χ2n) is 6.86. The van der Waals surface area contributed by atoms with Gasteiger partial charge in [-0.1, -0.05) is 42.0 Å². The number of hydrogen-bond donors (Lipinski definition) is 1. The van der Waals surface area contributed by atoms with Gasteiger partial charge in [0.1, 0.15) is 11.8 Å². The molecule has 0 bridgehead atoms. The molecule has 144 valence electrons. The molecule has 5 heteroatoms. The molecule has 0 aliphatic heterocycles. The lowest BCUT2D eigenvalue weighted by atomic mass is 10.1. The highest BCUT2D eigenvalue weighted by Crippen LogP contribution is 2.19. The Hall–Kier alpha value is -2.82. The van der Waals surface area contributed by atoms with Crippen LogP contribution in [0.1, 0.15) is 29.2 Å². The topological polar surface area (TPSA) is 58.6 Å². The van der Waals surface area contributed by atoms with Gasteiger partial charge in [0.15, 0.2) is 6.61 Å². The fourth-order valence-corrected chi connectivity index (χ4v) is 2.77. The first-order valence-corrected chi connectivity index (χ1v) is 9.08. The number of carbonyl (C=O) groups is 2. The molecule has 1 unspecified atom stereocenters. The summed E-state index contributed by atoms with van der Waals surface area (Å²) in [6.07, 6.45) is 0. The van der Waals surface area contributed by atoms with E-state index in [4.69, 9.17) is 4.74 Å². The van der Waals surface area contributed by atoms with Gasteiger partial charge in [0.05, 0.1) is 0 Å². The smallest absolute Gasteiger partial charge is 0.261 e. The van der Waals surface area contributed by atoms with Crippen LogP contribution in [0.5, 0.6) is 5.75 Å². The van der Waals surface area contributed by atoms with Gasteiger partial charge in [-0.3, -0.25) is 9.59 Å². The number of hydrogen-bond acceptors (Lipinski definition) is 3. The van der Waals surface area contributed by atoms with E-state index >= 15 is 0 Å². The molecular weight excluding hydrogens is 340 g/mol. The minimum Gasteiger partial charge on any atom is -0.483 e. The van der Waals surface area contributed by atoms with Gasteiger partial charge < -0.3 is 15.0 Å². The van der Waals surface area contributed by atoms with Crippen LogP contribution < -0.4 is 10.1 Å². The number of nitrogens with one attached hydrogen (secondary N) is 1. The van der Waals surface area contributed by atoms with Crippen LogP contribution >= 0.6 is 0 Å². The Bertz CT molecular complexity index is 800. The van der Waals surface area contributed by atoms with Gasteiger partial charge in [0.2, 0.25) is 5.91 Å². The summed E-state index contributed by atoms with van der Waals surface area (Å²) in [7, 11) is 1.57. The number of aryl methyl sites for hydroxylation is 3. The molecule has 2 amide bonds. The number of carbonyl (C=O) groups excluding carboxylic acids is 2. The van der Waals surface area contributed by atoms with Gasteiger partial charge in [-0.2, -0.15) is 0 Å². The van der Waals surface area contributed by atoms with E-state index < -0.39 is 6.04 Å². The lowest BCUT2D eigenvalue weighted by molar-refractivity contribution is -0.142. The molecule has 0 aromatic heterocycles. The zero-order valence-corrected chi connectivity index (χ0v) is 16.7. The second kappa shape index (κ2) is 9.21. The molecule has 0 radical (unpaired) electrons. The third-order valence-corrected chi connectivity index (χ3v) is 4.58. The zero-order chi connectivity index (χ0) is 20.0. The van der Waals surface area contributed by atoms with Crippen LogP contribution in [-0.2, 0) is 16.1 Å². The minimum absolute atomic E-state index is 0.114. The van der Waals surface area contributed by atoms with Crippen molar-refractivity contribution in [1.82, 2.24) is 10.2 Å². The fourth-order valence-electron chi connectivity index (χ4n) is 2.77. The van der Waals surface area contributed by atoms with Crippen LogP contribution in [0.4, 0.5) is 0 Å². The Morgan fingerprint density at radius 1 is 1.04 bits per heavy atom. The van der Waals surface area contributed by atoms with E-state index in [9.17, 15) is 9.59 Å². The molecule has 27 heavy (non-hydrogen) atoms. The Morgan fingerprint density at radius 3 is 2.30 bits per heavy atom. The summed E-state index contributed by atoms with van der Waals surface area (Å²) in [6, 6.07) is 13.2. The van der Waals surface area contributed by atoms with E-state index in [0.717, 1.165) is 22.3 Å². The number of nitrogens with zero attached hydrogens (tertiary/aromatic N) is 1. The number of benzene rings is 2. The summed E-state index contributed by atoms with van der Waals surface area (Å²) in [5.74, 6) is 0.251. The largest absolute Gasteiger partial charge is 0.483 e. The quantitative estimate of drug-likeness (QED) is 0.817. The van der Waals surface area contributed by atoms with Crippen LogP contribution in [0.2, 0.25) is 0 Å². The highest BCUT2D eigenvalue weighted by Gasteiger charge is 2.26. The van der Waals surface area contributed by atoms with E-state index in [1.54, 1.807) is 18.9 Å². The summed E-state index contributed by atoms with van der Waals surface area (Å²) in [5, 5.41) is 2.61. The van der Waals surface area contributed by atoms with E-state index in [-0.39, 0.29) is 18.4 Å². The molecular formula is C22H28N2O3. The number of amides is 2. The van der Waals surface area contributed by atoms with Crippen LogP contribution in [-0.4, -0.2) is 36.4 Å². The molecule has 0 aliphatic carbocycles. The second-order valence-corrected chi connectivity index (χ2v) is 6.86. The first-order chi connectivity index (χ1) is 12.8. The van der Waals surface area contributed by atoms with Crippen molar-refractivity contribution in [3.8, 4) is 5.75 Å². The summed E-state index contributed by atoms with van der Waals surface area (Å²) in [5.41, 5.74) is 4.15. The van der Waals surface area contributed by atoms with Crippen molar-refractivity contribution in [3.05, 3.63) is 64.7 Å². The summed E-state index contributed by atoms with van der Waals surface area (Å²) in [4.78, 5) is 26.5. The van der Waals surface area contributed by atoms with Crippen LogP contribution in [0.25, 0.3) is 0 Å². The lowest BCUT2D eigenvalue weighted by Gasteiger charge is -2.28. The van der Waals surface area contributed by atoms with E-state index in [0.29, 0.717) is 12.3 Å². The molecule has 1 N–H and O–H groups in total. The molecule has 5 nitrogen and oxygen atoms in total. The van der Waals surface area contributed by atoms with Gasteiger partial charge in [-0.15, -0.1) is 0 Å². The lowest BCUT2D eigenvalue weighted by Crippen LogP contribution is -2.48.